The number of rotatable bonds is 0. The van der Waals surface area contributed by atoms with E-state index in [1.165, 1.54) is 12.8 Å². The molecule has 0 nitrogen and oxygen atoms in total. The second-order valence-electron chi connectivity index (χ2n) is 3.80. The van der Waals surface area contributed by atoms with Gasteiger partial charge >= 0.3 is 0 Å². The van der Waals surface area contributed by atoms with Gasteiger partial charge in [-0.25, -0.2) is 4.39 Å². The van der Waals surface area contributed by atoms with E-state index in [0.29, 0.717) is 4.83 Å². The Hall–Kier alpha value is 0.410. The van der Waals surface area contributed by atoms with Crippen molar-refractivity contribution in [3.8, 4) is 0 Å². The van der Waals surface area contributed by atoms with Gasteiger partial charge in [-0.15, -0.1) is 0 Å². The van der Waals surface area contributed by atoms with Crippen molar-refractivity contribution in [2.75, 3.05) is 0 Å². The van der Waals surface area contributed by atoms with E-state index in [-0.39, 0.29) is 0 Å². The topological polar surface area (TPSA) is 0 Å². The summed E-state index contributed by atoms with van der Waals surface area (Å²) in [4.78, 5) is 0.554. The minimum absolute atomic E-state index is 0.554. The van der Waals surface area contributed by atoms with Crippen molar-refractivity contribution in [3.63, 3.8) is 0 Å². The van der Waals surface area contributed by atoms with Gasteiger partial charge in [-0.2, -0.15) is 0 Å². The highest BCUT2D eigenvalue weighted by Crippen LogP contribution is 2.31. The maximum absolute atomic E-state index is 13.5. The maximum Gasteiger partial charge on any atom is 0.108 e. The monoisotopic (exact) mass is 222 g/mol. The highest BCUT2D eigenvalue weighted by Gasteiger charge is 2.25. The molecule has 66 valence electrons. The summed E-state index contributed by atoms with van der Waals surface area (Å²) >= 11 is 3.56. The predicted octanol–water partition coefficient (Wildman–Crippen LogP) is 3.83. The summed E-state index contributed by atoms with van der Waals surface area (Å²) in [5.74, 6) is 0. The van der Waals surface area contributed by atoms with Gasteiger partial charge < -0.3 is 0 Å². The van der Waals surface area contributed by atoms with E-state index < -0.39 is 5.67 Å². The normalized spacial score (nSPS) is 41.2. The molecule has 0 heterocycles. The number of hydrogen-bond donors (Lipinski definition) is 0. The van der Waals surface area contributed by atoms with Crippen molar-refractivity contribution >= 4 is 15.9 Å². The van der Waals surface area contributed by atoms with Crippen LogP contribution < -0.4 is 0 Å². The molecule has 2 heteroatoms. The molecule has 0 aliphatic heterocycles. The molecule has 1 saturated carbocycles. The van der Waals surface area contributed by atoms with E-state index in [1.807, 2.05) is 0 Å². The molecular weight excluding hydrogens is 207 g/mol. The van der Waals surface area contributed by atoms with E-state index in [4.69, 9.17) is 0 Å². The first-order valence-corrected chi connectivity index (χ1v) is 5.35. The van der Waals surface area contributed by atoms with Crippen LogP contribution in [0.15, 0.2) is 0 Å². The van der Waals surface area contributed by atoms with Gasteiger partial charge in [0.05, 0.1) is 0 Å². The van der Waals surface area contributed by atoms with Gasteiger partial charge in [-0.3, -0.25) is 0 Å². The molecule has 0 saturated heterocycles. The van der Waals surface area contributed by atoms with Crippen LogP contribution in [0, 0.1) is 0 Å². The van der Waals surface area contributed by atoms with E-state index in [2.05, 4.69) is 15.9 Å². The Morgan fingerprint density at radius 1 is 1.27 bits per heavy atom. The van der Waals surface area contributed by atoms with Gasteiger partial charge in [-0.05, 0) is 32.6 Å². The molecule has 0 aromatic heterocycles. The van der Waals surface area contributed by atoms with Crippen LogP contribution in [0.5, 0.6) is 0 Å². The van der Waals surface area contributed by atoms with Gasteiger partial charge in [-0.1, -0.05) is 28.8 Å². The fourth-order valence-corrected chi connectivity index (χ4v) is 2.14. The van der Waals surface area contributed by atoms with E-state index in [0.717, 1.165) is 25.7 Å². The maximum atomic E-state index is 13.5. The van der Waals surface area contributed by atoms with Crippen molar-refractivity contribution in [2.45, 2.75) is 55.9 Å². The molecule has 0 amide bonds. The van der Waals surface area contributed by atoms with E-state index in [9.17, 15) is 4.39 Å². The highest BCUT2D eigenvalue weighted by molar-refractivity contribution is 9.09. The van der Waals surface area contributed by atoms with Crippen molar-refractivity contribution in [2.24, 2.45) is 0 Å². The van der Waals surface area contributed by atoms with Gasteiger partial charge in [0.25, 0.3) is 0 Å². The van der Waals surface area contributed by atoms with Gasteiger partial charge in [0.15, 0.2) is 0 Å². The highest BCUT2D eigenvalue weighted by atomic mass is 79.9. The lowest BCUT2D eigenvalue weighted by atomic mass is 9.90. The minimum Gasteiger partial charge on any atom is -0.244 e. The summed E-state index contributed by atoms with van der Waals surface area (Å²) in [6.45, 7) is 1.73. The summed E-state index contributed by atoms with van der Waals surface area (Å²) in [6.07, 6.45) is 5.92. The SMILES string of the molecule is CC1(F)CCCCC(Br)CC1. The Labute approximate surface area is 76.7 Å². The molecule has 2 atom stereocenters. The Morgan fingerprint density at radius 2 is 2.00 bits per heavy atom. The minimum atomic E-state index is -0.896. The summed E-state index contributed by atoms with van der Waals surface area (Å²) in [7, 11) is 0. The first kappa shape index (κ1) is 9.50. The van der Waals surface area contributed by atoms with Gasteiger partial charge in [0.2, 0.25) is 0 Å². The fourth-order valence-electron chi connectivity index (χ4n) is 1.59. The molecule has 11 heavy (non-hydrogen) atoms. The van der Waals surface area contributed by atoms with E-state index >= 15 is 0 Å². The molecule has 1 aliphatic rings. The third kappa shape index (κ3) is 3.55. The Morgan fingerprint density at radius 3 is 2.73 bits per heavy atom. The molecule has 0 spiro atoms. The van der Waals surface area contributed by atoms with Crippen molar-refractivity contribution in [1.29, 1.82) is 0 Å². The smallest absolute Gasteiger partial charge is 0.108 e. The van der Waals surface area contributed by atoms with Crippen LogP contribution in [0.2, 0.25) is 0 Å². The van der Waals surface area contributed by atoms with Crippen LogP contribution in [-0.2, 0) is 0 Å². The van der Waals surface area contributed by atoms with Crippen LogP contribution in [0.4, 0.5) is 4.39 Å². The zero-order chi connectivity index (χ0) is 8.32. The van der Waals surface area contributed by atoms with Crippen LogP contribution in [0.3, 0.4) is 0 Å². The largest absolute Gasteiger partial charge is 0.244 e. The molecule has 0 N–H and O–H groups in total. The number of hydrogen-bond acceptors (Lipinski definition) is 0. The van der Waals surface area contributed by atoms with E-state index in [1.54, 1.807) is 6.92 Å². The Kier molecular flexibility index (Phi) is 3.35. The van der Waals surface area contributed by atoms with Crippen molar-refractivity contribution in [1.82, 2.24) is 0 Å². The summed E-state index contributed by atoms with van der Waals surface area (Å²) in [6, 6.07) is 0. The third-order valence-corrected chi connectivity index (χ3v) is 3.36. The van der Waals surface area contributed by atoms with Gasteiger partial charge in [0.1, 0.15) is 5.67 Å². The fraction of sp³-hybridized carbons (Fsp3) is 1.00. The van der Waals surface area contributed by atoms with Crippen LogP contribution in [0.1, 0.15) is 45.4 Å². The lowest BCUT2D eigenvalue weighted by molar-refractivity contribution is 0.146. The third-order valence-electron chi connectivity index (χ3n) is 2.44. The molecule has 1 rings (SSSR count). The second kappa shape index (κ2) is 3.88. The average molecular weight is 223 g/mol. The zero-order valence-electron chi connectivity index (χ0n) is 7.08. The Bertz CT molecular complexity index is 123. The van der Waals surface area contributed by atoms with Crippen molar-refractivity contribution in [3.05, 3.63) is 0 Å². The van der Waals surface area contributed by atoms with Crippen LogP contribution >= 0.6 is 15.9 Å². The molecule has 1 fully saturated rings. The van der Waals surface area contributed by atoms with Crippen molar-refractivity contribution < 1.29 is 4.39 Å². The molecular formula is C9H16BrF. The van der Waals surface area contributed by atoms with Gasteiger partial charge in [0, 0.05) is 4.83 Å². The summed E-state index contributed by atoms with van der Waals surface area (Å²) in [5, 5.41) is 0. The first-order chi connectivity index (χ1) is 5.10. The summed E-state index contributed by atoms with van der Waals surface area (Å²) < 4.78 is 13.5. The molecule has 0 aromatic carbocycles. The summed E-state index contributed by atoms with van der Waals surface area (Å²) in [5.41, 5.74) is -0.896. The number of alkyl halides is 2. The predicted molar refractivity (Wildman–Crippen MR) is 49.9 cm³/mol. The molecule has 0 radical (unpaired) electrons. The molecule has 0 bridgehead atoms. The zero-order valence-corrected chi connectivity index (χ0v) is 8.66. The lowest BCUT2D eigenvalue weighted by Gasteiger charge is -2.24. The first-order valence-electron chi connectivity index (χ1n) is 4.43. The quantitative estimate of drug-likeness (QED) is 0.547. The standard InChI is InChI=1S/C9H16BrF/c1-9(11)6-3-2-4-8(10)5-7-9/h8H,2-7H2,1H3. The Balaban J connectivity index is 2.38. The van der Waals surface area contributed by atoms with Crippen LogP contribution in [0.25, 0.3) is 0 Å². The lowest BCUT2D eigenvalue weighted by Crippen LogP contribution is -2.21. The molecule has 0 aromatic rings. The molecule has 2 unspecified atom stereocenters. The molecule has 1 aliphatic carbocycles. The second-order valence-corrected chi connectivity index (χ2v) is 5.09. The van der Waals surface area contributed by atoms with Crippen LogP contribution in [-0.4, -0.2) is 10.5 Å². The average Bonchev–Trinajstić information content (AvgIpc) is 1.92. The number of halogens is 2.